The first-order chi connectivity index (χ1) is 13.5. The molecule has 0 fully saturated rings. The number of anilines is 1. The maximum Gasteiger partial charge on any atom is 0.326 e. The molecular weight excluding hydrogens is 385 g/mol. The molecular formula is C21H19F3N2O3. The number of halogens is 3. The van der Waals surface area contributed by atoms with Crippen molar-refractivity contribution in [3.05, 3.63) is 65.6 Å². The maximum absolute atomic E-state index is 14.2. The molecule has 29 heavy (non-hydrogen) atoms. The lowest BCUT2D eigenvalue weighted by atomic mass is 10.1. The van der Waals surface area contributed by atoms with E-state index in [1.54, 1.807) is 45.2 Å². The molecule has 8 heteroatoms. The van der Waals surface area contributed by atoms with Gasteiger partial charge in [-0.1, -0.05) is 0 Å². The zero-order chi connectivity index (χ0) is 21.3. The van der Waals surface area contributed by atoms with Crippen molar-refractivity contribution >= 4 is 28.5 Å². The highest BCUT2D eigenvalue weighted by atomic mass is 19.1. The molecule has 0 saturated heterocycles. The lowest BCUT2D eigenvalue weighted by molar-refractivity contribution is -0.152. The smallest absolute Gasteiger partial charge is 0.326 e. The molecule has 1 aromatic heterocycles. The van der Waals surface area contributed by atoms with Gasteiger partial charge in [0, 0.05) is 34.9 Å². The summed E-state index contributed by atoms with van der Waals surface area (Å²) in [6.45, 7) is 4.38. The Morgan fingerprint density at radius 1 is 1.03 bits per heavy atom. The average molecular weight is 404 g/mol. The number of hydrogen-bond donors (Lipinski definition) is 1. The van der Waals surface area contributed by atoms with Gasteiger partial charge in [0.05, 0.1) is 0 Å². The van der Waals surface area contributed by atoms with Crippen LogP contribution in [0.5, 0.6) is 0 Å². The van der Waals surface area contributed by atoms with E-state index < -0.39 is 47.0 Å². The summed E-state index contributed by atoms with van der Waals surface area (Å²) in [7, 11) is 0. The quantitative estimate of drug-likeness (QED) is 0.648. The third-order valence-corrected chi connectivity index (χ3v) is 4.02. The SMILES string of the molecule is CC(C)(C)OC(=O)CN(C(=O)c1c(F)cc(F)cc1F)c1ccc2[nH]ccc2c1. The number of rotatable bonds is 4. The fraction of sp³-hybridized carbons (Fsp3) is 0.238. The van der Waals surface area contributed by atoms with Crippen LogP contribution in [0.1, 0.15) is 31.1 Å². The second-order valence-electron chi connectivity index (χ2n) is 7.47. The van der Waals surface area contributed by atoms with E-state index in [4.69, 9.17) is 4.74 Å². The Bertz CT molecular complexity index is 1060. The number of benzene rings is 2. The number of carbonyl (C=O) groups excluding carboxylic acids is 2. The van der Waals surface area contributed by atoms with Crippen molar-refractivity contribution in [1.82, 2.24) is 4.98 Å². The Kier molecular flexibility index (Phi) is 5.37. The van der Waals surface area contributed by atoms with Gasteiger partial charge in [-0.3, -0.25) is 14.5 Å². The molecule has 0 spiro atoms. The van der Waals surface area contributed by atoms with Crippen molar-refractivity contribution in [3.63, 3.8) is 0 Å². The number of esters is 1. The predicted octanol–water partition coefficient (Wildman–Crippen LogP) is 4.57. The summed E-state index contributed by atoms with van der Waals surface area (Å²) in [6, 6.07) is 7.36. The van der Waals surface area contributed by atoms with Gasteiger partial charge in [-0.05, 0) is 45.0 Å². The first-order valence-electron chi connectivity index (χ1n) is 8.80. The van der Waals surface area contributed by atoms with Gasteiger partial charge in [-0.2, -0.15) is 0 Å². The van der Waals surface area contributed by atoms with Gasteiger partial charge in [0.25, 0.3) is 5.91 Å². The van der Waals surface area contributed by atoms with Gasteiger partial charge < -0.3 is 9.72 Å². The number of ether oxygens (including phenoxy) is 1. The second-order valence-corrected chi connectivity index (χ2v) is 7.47. The van der Waals surface area contributed by atoms with Crippen molar-refractivity contribution in [3.8, 4) is 0 Å². The van der Waals surface area contributed by atoms with Crippen LogP contribution in [0, 0.1) is 17.5 Å². The first kappa shape index (κ1) is 20.4. The Morgan fingerprint density at radius 3 is 2.31 bits per heavy atom. The number of aromatic amines is 1. The third-order valence-electron chi connectivity index (χ3n) is 4.02. The number of amides is 1. The number of aromatic nitrogens is 1. The molecule has 1 N–H and O–H groups in total. The zero-order valence-corrected chi connectivity index (χ0v) is 16.1. The van der Waals surface area contributed by atoms with E-state index in [-0.39, 0.29) is 5.69 Å². The van der Waals surface area contributed by atoms with Crippen LogP contribution in [0.2, 0.25) is 0 Å². The molecule has 0 bridgehead atoms. The summed E-state index contributed by atoms with van der Waals surface area (Å²) in [5.41, 5.74) is -0.763. The van der Waals surface area contributed by atoms with Crippen LogP contribution in [-0.2, 0) is 9.53 Å². The molecule has 0 aliphatic rings. The minimum atomic E-state index is -1.36. The van der Waals surface area contributed by atoms with Crippen molar-refractivity contribution in [2.24, 2.45) is 0 Å². The van der Waals surface area contributed by atoms with Crippen molar-refractivity contribution < 1.29 is 27.5 Å². The van der Waals surface area contributed by atoms with Crippen LogP contribution in [0.15, 0.2) is 42.6 Å². The molecule has 1 amide bonds. The van der Waals surface area contributed by atoms with E-state index in [0.29, 0.717) is 12.1 Å². The molecule has 0 radical (unpaired) electrons. The van der Waals surface area contributed by atoms with Gasteiger partial charge in [-0.25, -0.2) is 13.2 Å². The molecule has 3 rings (SSSR count). The summed E-state index contributed by atoms with van der Waals surface area (Å²) in [6.07, 6.45) is 1.69. The summed E-state index contributed by atoms with van der Waals surface area (Å²) < 4.78 is 46.9. The Balaban J connectivity index is 2.04. The molecule has 0 saturated carbocycles. The van der Waals surface area contributed by atoms with E-state index in [9.17, 15) is 22.8 Å². The highest BCUT2D eigenvalue weighted by Gasteiger charge is 2.29. The Morgan fingerprint density at radius 2 is 1.69 bits per heavy atom. The van der Waals surface area contributed by atoms with Crippen LogP contribution in [0.4, 0.5) is 18.9 Å². The van der Waals surface area contributed by atoms with Gasteiger partial charge in [0.2, 0.25) is 0 Å². The fourth-order valence-corrected chi connectivity index (χ4v) is 2.87. The average Bonchev–Trinajstić information content (AvgIpc) is 3.04. The minimum absolute atomic E-state index is 0.232. The molecule has 0 unspecified atom stereocenters. The van der Waals surface area contributed by atoms with E-state index in [0.717, 1.165) is 15.8 Å². The maximum atomic E-state index is 14.2. The molecule has 0 aliphatic heterocycles. The molecule has 3 aromatic rings. The summed E-state index contributed by atoms with van der Waals surface area (Å²) in [4.78, 5) is 29.2. The molecule has 152 valence electrons. The number of carbonyl (C=O) groups is 2. The molecule has 0 atom stereocenters. The summed E-state index contributed by atoms with van der Waals surface area (Å²) >= 11 is 0. The zero-order valence-electron chi connectivity index (χ0n) is 16.1. The summed E-state index contributed by atoms with van der Waals surface area (Å²) in [5, 5.41) is 0.726. The molecule has 5 nitrogen and oxygen atoms in total. The molecule has 0 aliphatic carbocycles. The third kappa shape index (κ3) is 4.59. The van der Waals surface area contributed by atoms with E-state index in [1.165, 1.54) is 6.07 Å². The molecule has 1 heterocycles. The van der Waals surface area contributed by atoms with E-state index >= 15 is 0 Å². The lowest BCUT2D eigenvalue weighted by Gasteiger charge is -2.25. The van der Waals surface area contributed by atoms with Gasteiger partial charge >= 0.3 is 5.97 Å². The van der Waals surface area contributed by atoms with Crippen molar-refractivity contribution in [2.45, 2.75) is 26.4 Å². The van der Waals surface area contributed by atoms with Crippen molar-refractivity contribution in [2.75, 3.05) is 11.4 Å². The number of hydrogen-bond acceptors (Lipinski definition) is 3. The van der Waals surface area contributed by atoms with Crippen LogP contribution in [0.25, 0.3) is 10.9 Å². The number of nitrogens with zero attached hydrogens (tertiary/aromatic N) is 1. The van der Waals surface area contributed by atoms with Crippen LogP contribution in [0.3, 0.4) is 0 Å². The largest absolute Gasteiger partial charge is 0.459 e. The Hall–Kier alpha value is -3.29. The number of fused-ring (bicyclic) bond motifs is 1. The van der Waals surface area contributed by atoms with Crippen molar-refractivity contribution in [1.29, 1.82) is 0 Å². The lowest BCUT2D eigenvalue weighted by Crippen LogP contribution is -2.39. The van der Waals surface area contributed by atoms with E-state index in [2.05, 4.69) is 4.98 Å². The number of H-pyrrole nitrogens is 1. The standard InChI is InChI=1S/C21H19F3N2O3/c1-21(2,3)29-18(27)11-26(14-4-5-17-12(8-14)6-7-25-17)20(28)19-15(23)9-13(22)10-16(19)24/h4-10,25H,11H2,1-3H3. The predicted molar refractivity (Wildman–Crippen MR) is 102 cm³/mol. The monoisotopic (exact) mass is 404 g/mol. The van der Waals surface area contributed by atoms with E-state index in [1.807, 2.05) is 0 Å². The van der Waals surface area contributed by atoms with Gasteiger partial charge in [0.15, 0.2) is 0 Å². The topological polar surface area (TPSA) is 62.4 Å². The second kappa shape index (κ2) is 7.62. The highest BCUT2D eigenvalue weighted by molar-refractivity contribution is 6.09. The minimum Gasteiger partial charge on any atom is -0.459 e. The first-order valence-corrected chi connectivity index (χ1v) is 8.80. The van der Waals surface area contributed by atoms with Crippen LogP contribution < -0.4 is 4.90 Å². The normalized spacial score (nSPS) is 11.5. The Labute approximate surface area is 165 Å². The fourth-order valence-electron chi connectivity index (χ4n) is 2.87. The molecule has 2 aromatic carbocycles. The van der Waals surface area contributed by atoms with Gasteiger partial charge in [0.1, 0.15) is 35.2 Å². The number of nitrogens with one attached hydrogen (secondary N) is 1. The van der Waals surface area contributed by atoms with Crippen LogP contribution >= 0.6 is 0 Å². The highest BCUT2D eigenvalue weighted by Crippen LogP contribution is 2.25. The summed E-state index contributed by atoms with van der Waals surface area (Å²) in [5.74, 6) is -5.75. The van der Waals surface area contributed by atoms with Gasteiger partial charge in [-0.15, -0.1) is 0 Å². The van der Waals surface area contributed by atoms with Crippen LogP contribution in [-0.4, -0.2) is 29.0 Å².